The highest BCUT2D eigenvalue weighted by molar-refractivity contribution is 5.78. The molecule has 0 bridgehead atoms. The molecule has 8 heteroatoms. The van der Waals surface area contributed by atoms with Crippen molar-refractivity contribution >= 4 is 11.9 Å². The van der Waals surface area contributed by atoms with Gasteiger partial charge in [-0.2, -0.15) is 13.2 Å². The Labute approximate surface area is 114 Å². The first-order valence-electron chi connectivity index (χ1n) is 6.46. The van der Waals surface area contributed by atoms with Gasteiger partial charge in [-0.1, -0.05) is 12.8 Å². The number of alkyl halides is 3. The Morgan fingerprint density at radius 2 is 1.90 bits per heavy atom. The summed E-state index contributed by atoms with van der Waals surface area (Å²) in [5.41, 5.74) is 0. The molecule has 0 heterocycles. The fourth-order valence-corrected chi connectivity index (χ4v) is 2.23. The van der Waals surface area contributed by atoms with E-state index in [2.05, 4.69) is 10.1 Å². The van der Waals surface area contributed by atoms with Crippen LogP contribution in [0.1, 0.15) is 32.1 Å². The van der Waals surface area contributed by atoms with Crippen molar-refractivity contribution < 1.29 is 32.6 Å². The van der Waals surface area contributed by atoms with Gasteiger partial charge in [-0.3, -0.25) is 9.59 Å². The lowest BCUT2D eigenvalue weighted by molar-refractivity contribution is -0.174. The van der Waals surface area contributed by atoms with Crippen molar-refractivity contribution in [3.8, 4) is 0 Å². The third kappa shape index (κ3) is 6.23. The molecule has 0 aliphatic heterocycles. The molecule has 1 rings (SSSR count). The maximum absolute atomic E-state index is 11.8. The molecule has 116 valence electrons. The lowest BCUT2D eigenvalue weighted by Gasteiger charge is -2.29. The molecular formula is C12H18F3NO4. The number of amides is 1. The second-order valence-electron chi connectivity index (χ2n) is 4.82. The Morgan fingerprint density at radius 3 is 2.50 bits per heavy atom. The van der Waals surface area contributed by atoms with Gasteiger partial charge >= 0.3 is 12.1 Å². The van der Waals surface area contributed by atoms with Crippen LogP contribution in [0, 0.1) is 5.92 Å². The fraction of sp³-hybridized carbons (Fsp3) is 0.833. The Kier molecular flexibility index (Phi) is 6.25. The zero-order valence-corrected chi connectivity index (χ0v) is 10.9. The predicted octanol–water partition coefficient (Wildman–Crippen LogP) is 1.72. The van der Waals surface area contributed by atoms with Crippen LogP contribution in [0.25, 0.3) is 0 Å². The van der Waals surface area contributed by atoms with Crippen LogP contribution in [-0.2, 0) is 14.3 Å². The van der Waals surface area contributed by atoms with Crippen LogP contribution in [0.3, 0.4) is 0 Å². The molecule has 20 heavy (non-hydrogen) atoms. The molecule has 1 aliphatic rings. The highest BCUT2D eigenvalue weighted by Crippen LogP contribution is 2.24. The van der Waals surface area contributed by atoms with Crippen LogP contribution in [0.5, 0.6) is 0 Å². The number of nitrogens with one attached hydrogen (secondary N) is 1. The van der Waals surface area contributed by atoms with Crippen molar-refractivity contribution in [3.05, 3.63) is 0 Å². The number of carbonyl (C=O) groups excluding carboxylic acids is 1. The standard InChI is InChI=1S/C12H18F3NO4/c13-12(14,15)7-20-6-5-10(17)16-9-4-2-1-3-8(9)11(18)19/h8-9H,1-7H2,(H,16,17)(H,18,19). The average Bonchev–Trinajstić information content (AvgIpc) is 2.34. The SMILES string of the molecule is O=C(CCOCC(F)(F)F)NC1CCCCC1C(=O)O. The molecule has 0 radical (unpaired) electrons. The number of hydrogen-bond donors (Lipinski definition) is 2. The van der Waals surface area contributed by atoms with Gasteiger partial charge in [-0.15, -0.1) is 0 Å². The second-order valence-corrected chi connectivity index (χ2v) is 4.82. The van der Waals surface area contributed by atoms with Gasteiger partial charge in [0.05, 0.1) is 12.5 Å². The minimum atomic E-state index is -4.41. The van der Waals surface area contributed by atoms with Gasteiger partial charge in [0.15, 0.2) is 0 Å². The van der Waals surface area contributed by atoms with Crippen LogP contribution >= 0.6 is 0 Å². The third-order valence-electron chi connectivity index (χ3n) is 3.17. The Hall–Kier alpha value is -1.31. The van der Waals surface area contributed by atoms with E-state index >= 15 is 0 Å². The van der Waals surface area contributed by atoms with Crippen molar-refractivity contribution in [2.24, 2.45) is 5.92 Å². The molecule has 2 unspecified atom stereocenters. The van der Waals surface area contributed by atoms with E-state index in [0.717, 1.165) is 12.8 Å². The summed E-state index contributed by atoms with van der Waals surface area (Å²) in [5.74, 6) is -2.06. The van der Waals surface area contributed by atoms with E-state index in [1.165, 1.54) is 0 Å². The third-order valence-corrected chi connectivity index (χ3v) is 3.17. The maximum atomic E-state index is 11.8. The van der Waals surface area contributed by atoms with E-state index in [-0.39, 0.29) is 13.0 Å². The Bertz CT molecular complexity index is 346. The quantitative estimate of drug-likeness (QED) is 0.732. The summed E-state index contributed by atoms with van der Waals surface area (Å²) in [7, 11) is 0. The van der Waals surface area contributed by atoms with Gasteiger partial charge in [-0.05, 0) is 12.8 Å². The first-order valence-corrected chi connectivity index (χ1v) is 6.46. The van der Waals surface area contributed by atoms with Crippen molar-refractivity contribution in [1.29, 1.82) is 0 Å². The summed E-state index contributed by atoms with van der Waals surface area (Å²) in [6.07, 6.45) is -1.90. The van der Waals surface area contributed by atoms with Gasteiger partial charge in [0, 0.05) is 12.5 Å². The van der Waals surface area contributed by atoms with E-state index in [1.54, 1.807) is 0 Å². The lowest BCUT2D eigenvalue weighted by atomic mass is 9.84. The number of carboxylic acids is 1. The van der Waals surface area contributed by atoms with Gasteiger partial charge in [-0.25, -0.2) is 0 Å². The molecular weight excluding hydrogens is 279 g/mol. The van der Waals surface area contributed by atoms with Crippen molar-refractivity contribution in [3.63, 3.8) is 0 Å². The van der Waals surface area contributed by atoms with E-state index in [0.29, 0.717) is 12.8 Å². The predicted molar refractivity (Wildman–Crippen MR) is 63.0 cm³/mol. The largest absolute Gasteiger partial charge is 0.481 e. The molecule has 1 saturated carbocycles. The first kappa shape index (κ1) is 16.7. The molecule has 1 fully saturated rings. The number of rotatable bonds is 6. The lowest BCUT2D eigenvalue weighted by Crippen LogP contribution is -2.45. The highest BCUT2D eigenvalue weighted by atomic mass is 19.4. The molecule has 0 spiro atoms. The van der Waals surface area contributed by atoms with Gasteiger partial charge < -0.3 is 15.2 Å². The molecule has 1 aliphatic carbocycles. The fourth-order valence-electron chi connectivity index (χ4n) is 2.23. The topological polar surface area (TPSA) is 75.6 Å². The van der Waals surface area contributed by atoms with Crippen molar-refractivity contribution in [1.82, 2.24) is 5.32 Å². The van der Waals surface area contributed by atoms with Gasteiger partial charge in [0.25, 0.3) is 0 Å². The van der Waals surface area contributed by atoms with Gasteiger partial charge in [0.2, 0.25) is 5.91 Å². The normalized spacial score (nSPS) is 23.4. The van der Waals surface area contributed by atoms with E-state index < -0.39 is 36.6 Å². The van der Waals surface area contributed by atoms with Crippen molar-refractivity contribution in [2.45, 2.75) is 44.3 Å². The summed E-state index contributed by atoms with van der Waals surface area (Å²) < 4.78 is 39.7. The van der Waals surface area contributed by atoms with Crippen LogP contribution < -0.4 is 5.32 Å². The van der Waals surface area contributed by atoms with Crippen LogP contribution in [0.15, 0.2) is 0 Å². The Morgan fingerprint density at radius 1 is 1.25 bits per heavy atom. The summed E-state index contributed by atoms with van der Waals surface area (Å²) in [5, 5.41) is 11.6. The first-order chi connectivity index (χ1) is 9.29. The minimum Gasteiger partial charge on any atom is -0.481 e. The molecule has 0 aromatic heterocycles. The molecule has 0 aromatic carbocycles. The van der Waals surface area contributed by atoms with E-state index in [9.17, 15) is 22.8 Å². The van der Waals surface area contributed by atoms with Crippen LogP contribution in [0.2, 0.25) is 0 Å². The molecule has 1 amide bonds. The second kappa shape index (κ2) is 7.47. The minimum absolute atomic E-state index is 0.209. The van der Waals surface area contributed by atoms with E-state index in [1.807, 2.05) is 0 Å². The maximum Gasteiger partial charge on any atom is 0.411 e. The smallest absolute Gasteiger partial charge is 0.411 e. The summed E-state index contributed by atoms with van der Waals surface area (Å²) >= 11 is 0. The average molecular weight is 297 g/mol. The van der Waals surface area contributed by atoms with Crippen molar-refractivity contribution in [2.75, 3.05) is 13.2 Å². The number of aliphatic carboxylic acids is 1. The summed E-state index contributed by atoms with van der Waals surface area (Å²) in [6, 6.07) is -0.448. The number of hydrogen-bond acceptors (Lipinski definition) is 3. The molecule has 2 N–H and O–H groups in total. The number of ether oxygens (including phenoxy) is 1. The molecule has 0 saturated heterocycles. The summed E-state index contributed by atoms with van der Waals surface area (Å²) in [6.45, 7) is -1.72. The van der Waals surface area contributed by atoms with Gasteiger partial charge in [0.1, 0.15) is 6.61 Å². The zero-order valence-electron chi connectivity index (χ0n) is 10.9. The molecule has 5 nitrogen and oxygen atoms in total. The number of carboxylic acid groups (broad SMARTS) is 1. The monoisotopic (exact) mass is 297 g/mol. The molecule has 0 aromatic rings. The number of halogens is 3. The van der Waals surface area contributed by atoms with E-state index in [4.69, 9.17) is 5.11 Å². The molecule has 2 atom stereocenters. The van der Waals surface area contributed by atoms with Crippen LogP contribution in [0.4, 0.5) is 13.2 Å². The van der Waals surface area contributed by atoms with Crippen LogP contribution in [-0.4, -0.2) is 42.4 Å². The highest BCUT2D eigenvalue weighted by Gasteiger charge is 2.32. The Balaban J connectivity index is 2.28. The zero-order chi connectivity index (χ0) is 15.2. The number of carbonyl (C=O) groups is 2. The summed E-state index contributed by atoms with van der Waals surface area (Å²) in [4.78, 5) is 22.6.